The molecule has 1 aromatic heterocycles. The summed E-state index contributed by atoms with van der Waals surface area (Å²) in [6.07, 6.45) is 0. The predicted molar refractivity (Wildman–Crippen MR) is 146 cm³/mol. The number of hydrogen-bond acceptors (Lipinski definition) is 4. The van der Waals surface area contributed by atoms with E-state index in [2.05, 4.69) is 15.6 Å². The lowest BCUT2D eigenvalue weighted by molar-refractivity contribution is -0.111. The molecule has 3 aromatic carbocycles. The van der Waals surface area contributed by atoms with E-state index in [9.17, 15) is 20.1 Å². The van der Waals surface area contributed by atoms with Gasteiger partial charge in [0.05, 0.1) is 30.8 Å². The lowest BCUT2D eigenvalue weighted by Crippen LogP contribution is -2.25. The fraction of sp³-hybridized carbons (Fsp3) is 0. The molecule has 3 N–H and O–H groups in total. The van der Waals surface area contributed by atoms with Crippen molar-refractivity contribution in [2.45, 2.75) is 0 Å². The number of aromatic nitrogens is 1. The van der Waals surface area contributed by atoms with E-state index in [0.717, 1.165) is 0 Å². The van der Waals surface area contributed by atoms with Crippen molar-refractivity contribution in [2.75, 3.05) is 10.6 Å². The van der Waals surface area contributed by atoms with Crippen LogP contribution in [0.3, 0.4) is 0 Å². The Bertz CT molecular complexity index is 1670. The first kappa shape index (κ1) is 26.1. The largest absolute Gasteiger partial charge is 0.352 e. The number of rotatable bonds is 4. The van der Waals surface area contributed by atoms with Gasteiger partial charge in [0.1, 0.15) is 23.3 Å². The van der Waals surface area contributed by atoms with Gasteiger partial charge in [-0.1, -0.05) is 70.7 Å². The molecule has 0 radical (unpaired) electrons. The minimum atomic E-state index is -0.724. The van der Waals surface area contributed by atoms with E-state index < -0.39 is 11.8 Å². The minimum absolute atomic E-state index is 0.140. The zero-order chi connectivity index (χ0) is 26.7. The fourth-order valence-electron chi connectivity index (χ4n) is 3.55. The van der Waals surface area contributed by atoms with Gasteiger partial charge in [0, 0.05) is 22.1 Å². The molecule has 0 saturated carbocycles. The summed E-state index contributed by atoms with van der Waals surface area (Å²) >= 11 is 23.9. The van der Waals surface area contributed by atoms with Gasteiger partial charge in [0.15, 0.2) is 0 Å². The van der Waals surface area contributed by atoms with Gasteiger partial charge in [0.25, 0.3) is 11.8 Å². The number of aromatic amines is 1. The van der Waals surface area contributed by atoms with Crippen LogP contribution in [0.25, 0.3) is 21.9 Å². The smallest absolute Gasteiger partial charge is 0.268 e. The van der Waals surface area contributed by atoms with E-state index in [1.54, 1.807) is 24.3 Å². The summed E-state index contributed by atoms with van der Waals surface area (Å²) < 4.78 is 0. The third kappa shape index (κ3) is 5.41. The highest BCUT2D eigenvalue weighted by Crippen LogP contribution is 2.26. The van der Waals surface area contributed by atoms with Crippen LogP contribution in [0.15, 0.2) is 60.7 Å². The van der Waals surface area contributed by atoms with Crippen molar-refractivity contribution in [3.8, 4) is 12.1 Å². The Balaban J connectivity index is 1.86. The highest BCUT2D eigenvalue weighted by Gasteiger charge is 2.18. The van der Waals surface area contributed by atoms with Crippen molar-refractivity contribution in [1.82, 2.24) is 4.98 Å². The summed E-state index contributed by atoms with van der Waals surface area (Å²) in [6, 6.07) is 19.5. The van der Waals surface area contributed by atoms with E-state index in [0.29, 0.717) is 32.2 Å². The third-order valence-electron chi connectivity index (χ3n) is 5.25. The van der Waals surface area contributed by atoms with E-state index in [1.165, 1.54) is 36.4 Å². The molecule has 0 atom stereocenters. The number of benzene rings is 3. The number of fused-ring (bicyclic) bond motifs is 1. The van der Waals surface area contributed by atoms with Crippen molar-refractivity contribution < 1.29 is 9.59 Å². The van der Waals surface area contributed by atoms with Gasteiger partial charge in [-0.25, -0.2) is 0 Å². The van der Waals surface area contributed by atoms with Gasteiger partial charge in [-0.3, -0.25) is 9.59 Å². The van der Waals surface area contributed by atoms with E-state index in [1.807, 2.05) is 12.1 Å². The maximum absolute atomic E-state index is 13.0. The van der Waals surface area contributed by atoms with Crippen LogP contribution in [0, 0.1) is 22.7 Å². The predicted octanol–water partition coefficient (Wildman–Crippen LogP) is 5.41. The van der Waals surface area contributed by atoms with Crippen molar-refractivity contribution in [3.63, 3.8) is 0 Å². The van der Waals surface area contributed by atoms with E-state index in [4.69, 9.17) is 46.4 Å². The Morgan fingerprint density at radius 3 is 1.41 bits per heavy atom. The van der Waals surface area contributed by atoms with Gasteiger partial charge < -0.3 is 15.6 Å². The average Bonchev–Trinajstić information content (AvgIpc) is 3.24. The third-order valence-corrected chi connectivity index (χ3v) is 6.73. The van der Waals surface area contributed by atoms with Crippen molar-refractivity contribution >= 4 is 91.5 Å². The summed E-state index contributed by atoms with van der Waals surface area (Å²) in [4.78, 5) is 29.0. The van der Waals surface area contributed by atoms with Crippen molar-refractivity contribution in [2.24, 2.45) is 0 Å². The average molecular weight is 569 g/mol. The second-order valence-electron chi connectivity index (χ2n) is 7.56. The first-order valence-corrected chi connectivity index (χ1v) is 11.9. The number of anilines is 2. The number of carbonyl (C=O) groups is 2. The molecule has 11 heteroatoms. The van der Waals surface area contributed by atoms with Gasteiger partial charge in [0.2, 0.25) is 0 Å². The molecule has 0 spiro atoms. The molecule has 4 aromatic rings. The highest BCUT2D eigenvalue weighted by atomic mass is 35.5. The van der Waals surface area contributed by atoms with E-state index >= 15 is 0 Å². The molecule has 0 aliphatic rings. The zero-order valence-corrected chi connectivity index (χ0v) is 21.5. The van der Waals surface area contributed by atoms with Crippen LogP contribution in [-0.2, 0) is 9.59 Å². The van der Waals surface area contributed by atoms with Crippen LogP contribution in [0.5, 0.6) is 0 Å². The standard InChI is InChI=1S/C26H13Cl4N5O2/c27-19-7-5-13(9-21(19)29)33-25(36)17(11-31)23-15-3-1-2-4-16(15)24(35-23)18(12-32)26(37)34-14-6-8-20(28)22(30)10-14/h1-10,35H,(H,33,36)(H,34,37). The van der Waals surface area contributed by atoms with Crippen LogP contribution in [-0.4, -0.2) is 16.8 Å². The Morgan fingerprint density at radius 2 is 1.05 bits per heavy atom. The Hall–Kier alpha value is -3.98. The van der Waals surface area contributed by atoms with Crippen LogP contribution < -0.4 is 21.3 Å². The molecule has 2 amide bonds. The summed E-state index contributed by atoms with van der Waals surface area (Å²) in [7, 11) is 0. The zero-order valence-electron chi connectivity index (χ0n) is 18.5. The second kappa shape index (κ2) is 11.0. The molecular formula is C26H13Cl4N5O2. The summed E-state index contributed by atoms with van der Waals surface area (Å²) in [5.41, 5.74) is 0.119. The number of hydrogen-bond donors (Lipinski definition) is 3. The van der Waals surface area contributed by atoms with Crippen molar-refractivity contribution in [1.29, 1.82) is 10.5 Å². The maximum atomic E-state index is 13.0. The molecule has 1 heterocycles. The molecule has 182 valence electrons. The van der Waals surface area contributed by atoms with Crippen LogP contribution in [0.1, 0.15) is 0 Å². The molecule has 0 bridgehead atoms. The van der Waals surface area contributed by atoms with Crippen LogP contribution in [0.4, 0.5) is 11.4 Å². The number of carbonyl (C=O) groups excluding carboxylic acids is 2. The van der Waals surface area contributed by atoms with Crippen LogP contribution >= 0.6 is 46.4 Å². The minimum Gasteiger partial charge on any atom is -0.352 e. The molecule has 7 nitrogen and oxygen atoms in total. The number of nitrogens with one attached hydrogen (secondary N) is 3. The Labute approximate surface area is 230 Å². The number of nitrogens with zero attached hydrogens (tertiary/aromatic N) is 2. The lowest BCUT2D eigenvalue weighted by atomic mass is 10.1. The van der Waals surface area contributed by atoms with Gasteiger partial charge in [-0.2, -0.15) is 10.5 Å². The molecule has 0 fully saturated rings. The first-order valence-electron chi connectivity index (χ1n) is 10.4. The number of halogens is 4. The SMILES string of the molecule is N#CC(C(=O)Nc1ccc(Cl)c(Cl)c1)=c1[nH]c(=C(C#N)C(=O)Nc2ccc(Cl)c(Cl)c2)c2ccccc12. The van der Waals surface area contributed by atoms with Gasteiger partial charge >= 0.3 is 0 Å². The molecule has 4 rings (SSSR count). The first-order chi connectivity index (χ1) is 17.7. The summed E-state index contributed by atoms with van der Waals surface area (Å²) in [5, 5.41) is 27.2. The number of H-pyrrole nitrogens is 1. The molecule has 37 heavy (non-hydrogen) atoms. The highest BCUT2D eigenvalue weighted by molar-refractivity contribution is 6.43. The maximum Gasteiger partial charge on any atom is 0.268 e. The van der Waals surface area contributed by atoms with Gasteiger partial charge in [-0.15, -0.1) is 0 Å². The quantitative estimate of drug-likeness (QED) is 0.305. The van der Waals surface area contributed by atoms with Crippen molar-refractivity contribution in [3.05, 3.63) is 91.5 Å². The summed E-state index contributed by atoms with van der Waals surface area (Å²) in [6.45, 7) is 0. The molecular weight excluding hydrogens is 556 g/mol. The molecule has 0 saturated heterocycles. The van der Waals surface area contributed by atoms with E-state index in [-0.39, 0.29) is 31.9 Å². The Kier molecular flexibility index (Phi) is 7.73. The van der Waals surface area contributed by atoms with Crippen LogP contribution in [0.2, 0.25) is 20.1 Å². The Morgan fingerprint density at radius 1 is 0.649 bits per heavy atom. The lowest BCUT2D eigenvalue weighted by Gasteiger charge is -2.05. The van der Waals surface area contributed by atoms with Gasteiger partial charge in [-0.05, 0) is 36.4 Å². The normalized spacial score (nSPS) is 12.3. The fourth-order valence-corrected chi connectivity index (χ4v) is 4.14. The number of amides is 2. The monoisotopic (exact) mass is 567 g/mol. The second-order valence-corrected chi connectivity index (χ2v) is 9.19. The molecule has 0 unspecified atom stereocenters. The number of nitriles is 2. The summed E-state index contributed by atoms with van der Waals surface area (Å²) in [5.74, 6) is -1.45. The molecule has 0 aliphatic heterocycles. The molecule has 0 aliphatic carbocycles. The topological polar surface area (TPSA) is 122 Å².